The molecular weight excluding hydrogens is 154 g/mol. The molecule has 1 unspecified atom stereocenters. The largest absolute Gasteiger partial charge is 0.391 e. The molecule has 0 aliphatic carbocycles. The Morgan fingerprint density at radius 1 is 1.45 bits per heavy atom. The molecule has 0 spiro atoms. The summed E-state index contributed by atoms with van der Waals surface area (Å²) in [4.78, 5) is 0. The normalized spacial score (nSPS) is 16.2. The molecule has 11 heavy (non-hydrogen) atoms. The number of nitriles is 1. The van der Waals surface area contributed by atoms with E-state index in [9.17, 15) is 0 Å². The summed E-state index contributed by atoms with van der Waals surface area (Å²) in [7, 11) is -1.70. The van der Waals surface area contributed by atoms with Gasteiger partial charge in [0.2, 0.25) is 5.60 Å². The summed E-state index contributed by atoms with van der Waals surface area (Å²) >= 11 is 0. The second-order valence-electron chi connectivity index (χ2n) is 3.50. The van der Waals surface area contributed by atoms with Crippen molar-refractivity contribution in [3.05, 3.63) is 0 Å². The first kappa shape index (κ1) is 10.2. The van der Waals surface area contributed by atoms with Gasteiger partial charge in [-0.1, -0.05) is 5.92 Å². The number of nitrogens with zero attached hydrogens (tertiary/aromatic N) is 1. The average molecular weight is 167 g/mol. The third-order valence-electron chi connectivity index (χ3n) is 0.999. The summed E-state index contributed by atoms with van der Waals surface area (Å²) < 4.78 is 5.47. The molecule has 60 valence electrons. The summed E-state index contributed by atoms with van der Waals surface area (Å²) in [6, 6.07) is 1.96. The maximum atomic E-state index is 8.65. The van der Waals surface area contributed by atoms with Crippen molar-refractivity contribution in [2.75, 3.05) is 0 Å². The van der Waals surface area contributed by atoms with Crippen molar-refractivity contribution in [2.24, 2.45) is 0 Å². The molecular formula is C8H13NOSi. The van der Waals surface area contributed by atoms with Gasteiger partial charge in [0.15, 0.2) is 8.32 Å². The molecule has 0 aromatic heterocycles. The molecule has 0 amide bonds. The van der Waals surface area contributed by atoms with E-state index in [1.807, 2.05) is 25.7 Å². The lowest BCUT2D eigenvalue weighted by atomic mass is 10.1. The Kier molecular flexibility index (Phi) is 2.87. The van der Waals surface area contributed by atoms with Gasteiger partial charge in [-0.2, -0.15) is 5.26 Å². The van der Waals surface area contributed by atoms with Gasteiger partial charge in [0, 0.05) is 0 Å². The van der Waals surface area contributed by atoms with Crippen LogP contribution in [-0.2, 0) is 4.43 Å². The van der Waals surface area contributed by atoms with E-state index in [0.29, 0.717) is 0 Å². The van der Waals surface area contributed by atoms with Crippen LogP contribution in [0.3, 0.4) is 0 Å². The Balaban J connectivity index is 4.40. The van der Waals surface area contributed by atoms with Crippen LogP contribution in [0.4, 0.5) is 0 Å². The van der Waals surface area contributed by atoms with Crippen LogP contribution in [0.5, 0.6) is 0 Å². The molecule has 0 N–H and O–H groups in total. The lowest BCUT2D eigenvalue weighted by molar-refractivity contribution is 0.202. The number of rotatable bonds is 2. The van der Waals surface area contributed by atoms with Crippen molar-refractivity contribution in [1.29, 1.82) is 5.26 Å². The van der Waals surface area contributed by atoms with E-state index in [0.717, 1.165) is 0 Å². The third kappa shape index (κ3) is 3.82. The molecule has 0 bridgehead atoms. The Bertz CT molecular complexity index is 202. The van der Waals surface area contributed by atoms with E-state index in [1.165, 1.54) is 0 Å². The third-order valence-corrected chi connectivity index (χ3v) is 2.02. The van der Waals surface area contributed by atoms with Crippen LogP contribution in [0, 0.1) is 23.7 Å². The zero-order valence-corrected chi connectivity index (χ0v) is 8.43. The Morgan fingerprint density at radius 3 is 2.00 bits per heavy atom. The Morgan fingerprint density at radius 2 is 1.91 bits per heavy atom. The van der Waals surface area contributed by atoms with Gasteiger partial charge in [0.05, 0.1) is 0 Å². The van der Waals surface area contributed by atoms with Crippen LogP contribution >= 0.6 is 0 Å². The second-order valence-corrected chi connectivity index (χ2v) is 7.93. The summed E-state index contributed by atoms with van der Waals surface area (Å²) in [5, 5.41) is 8.65. The molecule has 0 aromatic rings. The number of terminal acetylenes is 1. The van der Waals surface area contributed by atoms with Crippen molar-refractivity contribution < 1.29 is 4.43 Å². The van der Waals surface area contributed by atoms with Crippen LogP contribution in [0.1, 0.15) is 6.92 Å². The molecule has 0 aliphatic rings. The summed E-state index contributed by atoms with van der Waals surface area (Å²) in [5.74, 6) is 2.34. The highest BCUT2D eigenvalue weighted by Gasteiger charge is 2.29. The van der Waals surface area contributed by atoms with Crippen LogP contribution in [0.2, 0.25) is 19.6 Å². The fourth-order valence-electron chi connectivity index (χ4n) is 0.697. The van der Waals surface area contributed by atoms with Gasteiger partial charge in [-0.05, 0) is 26.6 Å². The fraction of sp³-hybridized carbons (Fsp3) is 0.625. The lowest BCUT2D eigenvalue weighted by Crippen LogP contribution is -2.38. The zero-order chi connectivity index (χ0) is 9.12. The standard InChI is InChI=1S/C8H13NOSi/c1-6-8(2,7-9)10-11(3,4)5/h1H,2-5H3. The molecule has 0 rings (SSSR count). The van der Waals surface area contributed by atoms with Gasteiger partial charge in [-0.15, -0.1) is 6.42 Å². The molecule has 0 radical (unpaired) electrons. The van der Waals surface area contributed by atoms with E-state index in [2.05, 4.69) is 5.92 Å². The minimum Gasteiger partial charge on any atom is -0.391 e. The number of hydrogen-bond acceptors (Lipinski definition) is 2. The van der Waals surface area contributed by atoms with Crippen molar-refractivity contribution in [2.45, 2.75) is 32.2 Å². The van der Waals surface area contributed by atoms with Crippen LogP contribution < -0.4 is 0 Å². The van der Waals surface area contributed by atoms with Gasteiger partial charge >= 0.3 is 0 Å². The zero-order valence-electron chi connectivity index (χ0n) is 7.43. The van der Waals surface area contributed by atoms with E-state index in [1.54, 1.807) is 6.92 Å². The summed E-state index contributed by atoms with van der Waals surface area (Å²) in [5.41, 5.74) is -1.04. The maximum Gasteiger partial charge on any atom is 0.203 e. The molecule has 0 aromatic carbocycles. The lowest BCUT2D eigenvalue weighted by Gasteiger charge is -2.25. The van der Waals surface area contributed by atoms with Gasteiger partial charge in [0.25, 0.3) is 0 Å². The van der Waals surface area contributed by atoms with Crippen molar-refractivity contribution in [1.82, 2.24) is 0 Å². The minimum atomic E-state index is -1.70. The van der Waals surface area contributed by atoms with Crippen molar-refractivity contribution in [3.63, 3.8) is 0 Å². The first-order chi connectivity index (χ1) is 4.83. The molecule has 2 nitrogen and oxygen atoms in total. The van der Waals surface area contributed by atoms with Crippen molar-refractivity contribution >= 4 is 8.32 Å². The van der Waals surface area contributed by atoms with Crippen LogP contribution in [0.25, 0.3) is 0 Å². The van der Waals surface area contributed by atoms with E-state index in [-0.39, 0.29) is 0 Å². The van der Waals surface area contributed by atoms with E-state index in [4.69, 9.17) is 16.1 Å². The minimum absolute atomic E-state index is 1.04. The molecule has 0 aliphatic heterocycles. The predicted molar refractivity (Wildman–Crippen MR) is 47.3 cm³/mol. The average Bonchev–Trinajstić information content (AvgIpc) is 1.84. The smallest absolute Gasteiger partial charge is 0.203 e. The summed E-state index contributed by atoms with van der Waals surface area (Å²) in [6.45, 7) is 7.62. The molecule has 0 saturated heterocycles. The SMILES string of the molecule is C#CC(C)(C#N)O[Si](C)(C)C. The first-order valence-corrected chi connectivity index (χ1v) is 6.83. The monoisotopic (exact) mass is 167 g/mol. The molecule has 0 fully saturated rings. The van der Waals surface area contributed by atoms with Gasteiger partial charge < -0.3 is 4.43 Å². The van der Waals surface area contributed by atoms with E-state index < -0.39 is 13.9 Å². The maximum absolute atomic E-state index is 8.65. The molecule has 1 atom stereocenters. The topological polar surface area (TPSA) is 33.0 Å². The molecule has 3 heteroatoms. The van der Waals surface area contributed by atoms with Gasteiger partial charge in [-0.25, -0.2) is 0 Å². The first-order valence-electron chi connectivity index (χ1n) is 3.42. The van der Waals surface area contributed by atoms with E-state index >= 15 is 0 Å². The quantitative estimate of drug-likeness (QED) is 0.464. The highest BCUT2D eigenvalue weighted by Crippen LogP contribution is 2.15. The summed E-state index contributed by atoms with van der Waals surface area (Å²) in [6.07, 6.45) is 5.15. The molecule has 0 saturated carbocycles. The number of hydrogen-bond donors (Lipinski definition) is 0. The van der Waals surface area contributed by atoms with Gasteiger partial charge in [0.1, 0.15) is 6.07 Å². The predicted octanol–water partition coefficient (Wildman–Crippen LogP) is 1.75. The Labute approximate surface area is 69.3 Å². The van der Waals surface area contributed by atoms with Crippen LogP contribution in [-0.4, -0.2) is 13.9 Å². The second kappa shape index (κ2) is 3.09. The Hall–Kier alpha value is -0.773. The highest BCUT2D eigenvalue weighted by molar-refractivity contribution is 6.69. The highest BCUT2D eigenvalue weighted by atomic mass is 28.4. The van der Waals surface area contributed by atoms with Crippen molar-refractivity contribution in [3.8, 4) is 18.4 Å². The fourth-order valence-corrected chi connectivity index (χ4v) is 2.03. The van der Waals surface area contributed by atoms with Gasteiger partial charge in [-0.3, -0.25) is 0 Å². The van der Waals surface area contributed by atoms with Crippen LogP contribution in [0.15, 0.2) is 0 Å². The molecule has 0 heterocycles.